The first-order chi connectivity index (χ1) is 12.0. The lowest BCUT2D eigenvalue weighted by Crippen LogP contribution is -1.97. The molecule has 0 aliphatic carbocycles. The number of hydrogen-bond donors (Lipinski definition) is 1. The molecule has 0 bridgehead atoms. The maximum absolute atomic E-state index is 11.7. The molecule has 0 unspecified atom stereocenters. The van der Waals surface area contributed by atoms with Crippen molar-refractivity contribution in [1.82, 2.24) is 0 Å². The molecule has 2 aromatic carbocycles. The lowest BCUT2D eigenvalue weighted by molar-refractivity contribution is 0.467. The first-order valence-corrected chi connectivity index (χ1v) is 7.70. The van der Waals surface area contributed by atoms with Crippen LogP contribution in [0.15, 0.2) is 66.3 Å². The summed E-state index contributed by atoms with van der Waals surface area (Å²) in [7, 11) is 0. The van der Waals surface area contributed by atoms with Gasteiger partial charge >= 0.3 is 5.63 Å². The van der Waals surface area contributed by atoms with Crippen molar-refractivity contribution in [2.45, 2.75) is 13.8 Å². The molecule has 4 rings (SSSR count). The molecule has 0 fully saturated rings. The summed E-state index contributed by atoms with van der Waals surface area (Å²) in [6.07, 6.45) is 0. The van der Waals surface area contributed by atoms with Crippen molar-refractivity contribution in [2.24, 2.45) is 10.2 Å². The van der Waals surface area contributed by atoms with Crippen molar-refractivity contribution in [1.29, 1.82) is 0 Å². The second-order valence-corrected chi connectivity index (χ2v) is 5.86. The van der Waals surface area contributed by atoms with E-state index in [-0.39, 0.29) is 17.2 Å². The fourth-order valence-electron chi connectivity index (χ4n) is 2.80. The van der Waals surface area contributed by atoms with Crippen LogP contribution >= 0.6 is 0 Å². The highest BCUT2D eigenvalue weighted by molar-refractivity contribution is 6.08. The van der Waals surface area contributed by atoms with E-state index >= 15 is 0 Å². The monoisotopic (exact) mass is 334 g/mol. The Bertz CT molecular complexity index is 1200. The molecule has 0 saturated heterocycles. The molecule has 2 aromatic heterocycles. The molecule has 4 aromatic rings. The summed E-state index contributed by atoms with van der Waals surface area (Å²) < 4.78 is 10.8. The van der Waals surface area contributed by atoms with Crippen molar-refractivity contribution in [3.63, 3.8) is 0 Å². The van der Waals surface area contributed by atoms with Crippen molar-refractivity contribution in [3.05, 3.63) is 64.0 Å². The number of azo groups is 1. The molecule has 0 aliphatic heterocycles. The lowest BCUT2D eigenvalue weighted by Gasteiger charge is -2.00. The van der Waals surface area contributed by atoms with Crippen LogP contribution in [0.25, 0.3) is 21.9 Å². The topological polar surface area (TPSA) is 88.3 Å². The smallest absolute Gasteiger partial charge is 0.336 e. The van der Waals surface area contributed by atoms with E-state index in [2.05, 4.69) is 10.2 Å². The number of hydrogen-bond acceptors (Lipinski definition) is 6. The summed E-state index contributed by atoms with van der Waals surface area (Å²) in [6.45, 7) is 3.76. The van der Waals surface area contributed by atoms with Crippen molar-refractivity contribution in [3.8, 4) is 5.75 Å². The molecule has 0 radical (unpaired) electrons. The summed E-state index contributed by atoms with van der Waals surface area (Å²) in [5.41, 5.74) is 2.62. The second-order valence-electron chi connectivity index (χ2n) is 5.86. The average Bonchev–Trinajstić information content (AvgIpc) is 2.89. The minimum Gasteiger partial charge on any atom is -0.502 e. The van der Waals surface area contributed by atoms with Crippen LogP contribution < -0.4 is 5.63 Å². The van der Waals surface area contributed by atoms with Gasteiger partial charge in [0.25, 0.3) is 5.88 Å². The van der Waals surface area contributed by atoms with E-state index in [1.54, 1.807) is 25.1 Å². The average molecular weight is 334 g/mol. The molecule has 0 atom stereocenters. The fraction of sp³-hybridized carbons (Fsp3) is 0.105. The highest BCUT2D eigenvalue weighted by Crippen LogP contribution is 2.42. The van der Waals surface area contributed by atoms with E-state index in [0.717, 1.165) is 16.5 Å². The Hall–Kier alpha value is -3.41. The zero-order chi connectivity index (χ0) is 17.6. The fourth-order valence-corrected chi connectivity index (χ4v) is 2.80. The first-order valence-electron chi connectivity index (χ1n) is 7.70. The van der Waals surface area contributed by atoms with Crippen LogP contribution in [0.5, 0.6) is 5.75 Å². The summed E-state index contributed by atoms with van der Waals surface area (Å²) in [5, 5.41) is 19.6. The maximum atomic E-state index is 11.7. The van der Waals surface area contributed by atoms with E-state index < -0.39 is 5.63 Å². The molecule has 6 heteroatoms. The summed E-state index contributed by atoms with van der Waals surface area (Å²) in [4.78, 5) is 11.7. The molecule has 25 heavy (non-hydrogen) atoms. The summed E-state index contributed by atoms with van der Waals surface area (Å²) >= 11 is 0. The van der Waals surface area contributed by atoms with E-state index in [4.69, 9.17) is 8.83 Å². The van der Waals surface area contributed by atoms with Crippen LogP contribution in [0.2, 0.25) is 0 Å². The third-order valence-electron chi connectivity index (χ3n) is 3.99. The second kappa shape index (κ2) is 5.59. The predicted molar refractivity (Wildman–Crippen MR) is 94.0 cm³/mol. The van der Waals surface area contributed by atoms with Gasteiger partial charge in [0.1, 0.15) is 11.0 Å². The molecule has 1 N–H and O–H groups in total. The van der Waals surface area contributed by atoms with Gasteiger partial charge in [-0.15, -0.1) is 10.2 Å². The number of rotatable bonds is 2. The number of benzene rings is 2. The molecule has 0 spiro atoms. The van der Waals surface area contributed by atoms with Crippen molar-refractivity contribution >= 4 is 33.5 Å². The van der Waals surface area contributed by atoms with Gasteiger partial charge in [-0.1, -0.05) is 12.1 Å². The number of aryl methyl sites for hydroxylation is 2. The van der Waals surface area contributed by atoms with Crippen LogP contribution in [0, 0.1) is 13.8 Å². The lowest BCUT2D eigenvalue weighted by atomic mass is 10.1. The third kappa shape index (κ3) is 2.57. The van der Waals surface area contributed by atoms with Crippen molar-refractivity contribution in [2.75, 3.05) is 0 Å². The van der Waals surface area contributed by atoms with Crippen LogP contribution in [-0.4, -0.2) is 5.11 Å². The summed E-state index contributed by atoms with van der Waals surface area (Å²) in [6, 6.07) is 12.4. The van der Waals surface area contributed by atoms with Gasteiger partial charge in [-0.3, -0.25) is 0 Å². The molecule has 0 saturated carbocycles. The van der Waals surface area contributed by atoms with Crippen LogP contribution in [0.1, 0.15) is 11.1 Å². The minimum atomic E-state index is -0.485. The number of aromatic hydroxyl groups is 1. The van der Waals surface area contributed by atoms with Crippen LogP contribution in [0.3, 0.4) is 0 Å². The SMILES string of the molecule is Cc1cccc(N=Nc2oc3ccc4c(C)cc(=O)oc4c3c2O)c1. The minimum absolute atomic E-state index is 0.0341. The standard InChI is InChI=1S/C19H14N2O4/c1-10-4-3-5-12(8-10)20-21-19-17(23)16-14(24-19)7-6-13-11(2)9-15(22)25-18(13)16/h3-9,23H,1-2H3. The number of nitrogens with zero attached hydrogens (tertiary/aromatic N) is 2. The van der Waals surface area contributed by atoms with E-state index in [1.807, 2.05) is 25.1 Å². The number of fused-ring (bicyclic) bond motifs is 3. The molecule has 6 nitrogen and oxygen atoms in total. The Morgan fingerprint density at radius 2 is 1.84 bits per heavy atom. The molecular weight excluding hydrogens is 320 g/mol. The summed E-state index contributed by atoms with van der Waals surface area (Å²) in [5.74, 6) is -0.237. The van der Waals surface area contributed by atoms with Gasteiger partial charge in [0.15, 0.2) is 11.3 Å². The largest absolute Gasteiger partial charge is 0.502 e. The Kier molecular flexibility index (Phi) is 3.39. The van der Waals surface area contributed by atoms with Crippen molar-refractivity contribution < 1.29 is 13.9 Å². The van der Waals surface area contributed by atoms with Crippen LogP contribution in [0.4, 0.5) is 11.6 Å². The third-order valence-corrected chi connectivity index (χ3v) is 3.99. The predicted octanol–water partition coefficient (Wildman–Crippen LogP) is 5.28. The molecular formula is C19H14N2O4. The zero-order valence-electron chi connectivity index (χ0n) is 13.6. The first kappa shape index (κ1) is 15.1. The normalized spacial score (nSPS) is 11.8. The Labute approximate surface area is 142 Å². The van der Waals surface area contributed by atoms with Gasteiger partial charge < -0.3 is 13.9 Å². The molecule has 0 amide bonds. The quantitative estimate of drug-likeness (QED) is 0.399. The van der Waals surface area contributed by atoms with Crippen LogP contribution in [-0.2, 0) is 0 Å². The van der Waals surface area contributed by atoms with Gasteiger partial charge in [-0.25, -0.2) is 4.79 Å². The van der Waals surface area contributed by atoms with Gasteiger partial charge in [-0.05, 0) is 49.2 Å². The van der Waals surface area contributed by atoms with Gasteiger partial charge in [0, 0.05) is 11.5 Å². The maximum Gasteiger partial charge on any atom is 0.336 e. The molecule has 124 valence electrons. The van der Waals surface area contributed by atoms with Gasteiger partial charge in [0.05, 0.1) is 5.69 Å². The van der Waals surface area contributed by atoms with E-state index in [0.29, 0.717) is 16.7 Å². The zero-order valence-corrected chi connectivity index (χ0v) is 13.6. The Morgan fingerprint density at radius 3 is 2.64 bits per heavy atom. The Morgan fingerprint density at radius 1 is 1.00 bits per heavy atom. The van der Waals surface area contributed by atoms with E-state index in [9.17, 15) is 9.90 Å². The van der Waals surface area contributed by atoms with Gasteiger partial charge in [0.2, 0.25) is 0 Å². The molecule has 2 heterocycles. The highest BCUT2D eigenvalue weighted by atomic mass is 16.4. The molecule has 0 aliphatic rings. The number of furan rings is 1. The Balaban J connectivity index is 1.90. The highest BCUT2D eigenvalue weighted by Gasteiger charge is 2.18. The van der Waals surface area contributed by atoms with Gasteiger partial charge in [-0.2, -0.15) is 0 Å². The van der Waals surface area contributed by atoms with E-state index in [1.165, 1.54) is 6.07 Å².